The van der Waals surface area contributed by atoms with Crippen molar-refractivity contribution in [2.24, 2.45) is 0 Å². The van der Waals surface area contributed by atoms with E-state index in [0.29, 0.717) is 5.69 Å². The molecular formula is C14H16N2O. The first-order valence-corrected chi connectivity index (χ1v) is 5.68. The highest BCUT2D eigenvalue weighted by Gasteiger charge is 2.07. The molecule has 0 bridgehead atoms. The molecule has 0 aliphatic rings. The summed E-state index contributed by atoms with van der Waals surface area (Å²) in [6.45, 7) is 3.80. The lowest BCUT2D eigenvalue weighted by molar-refractivity contribution is -0.112. The summed E-state index contributed by atoms with van der Waals surface area (Å²) in [5.74, 6) is -0.363. The van der Waals surface area contributed by atoms with Crippen molar-refractivity contribution in [1.82, 2.24) is 0 Å². The minimum Gasteiger partial charge on any atom is -0.321 e. The predicted octanol–water partition coefficient (Wildman–Crippen LogP) is 3.05. The van der Waals surface area contributed by atoms with Gasteiger partial charge in [-0.15, -0.1) is 0 Å². The van der Waals surface area contributed by atoms with Crippen molar-refractivity contribution in [1.29, 1.82) is 5.26 Å². The largest absolute Gasteiger partial charge is 0.321 e. The van der Waals surface area contributed by atoms with Gasteiger partial charge >= 0.3 is 0 Å². The van der Waals surface area contributed by atoms with Crippen LogP contribution in [-0.4, -0.2) is 5.91 Å². The number of nitrogens with one attached hydrogen (secondary N) is 1. The van der Waals surface area contributed by atoms with Crippen molar-refractivity contribution in [3.8, 4) is 6.07 Å². The van der Waals surface area contributed by atoms with E-state index in [2.05, 4.69) is 12.2 Å². The van der Waals surface area contributed by atoms with Gasteiger partial charge in [0.2, 0.25) is 0 Å². The van der Waals surface area contributed by atoms with Gasteiger partial charge in [-0.3, -0.25) is 4.79 Å². The van der Waals surface area contributed by atoms with E-state index in [9.17, 15) is 4.79 Å². The zero-order chi connectivity index (χ0) is 12.7. The van der Waals surface area contributed by atoms with Gasteiger partial charge in [-0.1, -0.05) is 31.6 Å². The van der Waals surface area contributed by atoms with Crippen LogP contribution in [0.3, 0.4) is 0 Å². The Bertz CT molecular complexity index is 452. The summed E-state index contributed by atoms with van der Waals surface area (Å²) >= 11 is 0. The van der Waals surface area contributed by atoms with E-state index in [1.54, 1.807) is 6.92 Å². The van der Waals surface area contributed by atoms with Crippen molar-refractivity contribution < 1.29 is 4.79 Å². The van der Waals surface area contributed by atoms with Gasteiger partial charge in [0.05, 0.1) is 0 Å². The summed E-state index contributed by atoms with van der Waals surface area (Å²) in [6, 6.07) is 9.54. The molecular weight excluding hydrogens is 212 g/mol. The molecule has 88 valence electrons. The molecule has 0 fully saturated rings. The Morgan fingerprint density at radius 1 is 1.41 bits per heavy atom. The Labute approximate surface area is 102 Å². The quantitative estimate of drug-likeness (QED) is 0.636. The number of hydrogen-bond donors (Lipinski definition) is 1. The Morgan fingerprint density at radius 2 is 2.06 bits per heavy atom. The first-order chi connectivity index (χ1) is 8.21. The number of nitrogens with zero attached hydrogens (tertiary/aromatic N) is 1. The number of anilines is 1. The van der Waals surface area contributed by atoms with E-state index in [1.165, 1.54) is 11.6 Å². The molecule has 0 atom stereocenters. The molecule has 3 heteroatoms. The summed E-state index contributed by atoms with van der Waals surface area (Å²) in [5, 5.41) is 11.4. The second-order valence-electron chi connectivity index (χ2n) is 3.72. The average Bonchev–Trinajstić information content (AvgIpc) is 2.33. The summed E-state index contributed by atoms with van der Waals surface area (Å²) in [5.41, 5.74) is 2.09. The smallest absolute Gasteiger partial charge is 0.265 e. The van der Waals surface area contributed by atoms with E-state index in [4.69, 9.17) is 5.26 Å². The van der Waals surface area contributed by atoms with Gasteiger partial charge in [0.25, 0.3) is 5.91 Å². The molecule has 0 aliphatic carbocycles. The van der Waals surface area contributed by atoms with Crippen LogP contribution in [0.1, 0.15) is 25.8 Å². The molecule has 17 heavy (non-hydrogen) atoms. The summed E-state index contributed by atoms with van der Waals surface area (Å²) in [4.78, 5) is 11.6. The lowest BCUT2D eigenvalue weighted by Gasteiger charge is -2.05. The number of allylic oxidation sites excluding steroid dienone is 1. The third kappa shape index (κ3) is 3.76. The highest BCUT2D eigenvalue weighted by atomic mass is 16.1. The molecule has 1 aromatic carbocycles. The van der Waals surface area contributed by atoms with Gasteiger partial charge in [-0.05, 0) is 31.0 Å². The molecule has 1 aromatic rings. The van der Waals surface area contributed by atoms with Crippen molar-refractivity contribution in [2.45, 2.75) is 26.7 Å². The van der Waals surface area contributed by atoms with Crippen molar-refractivity contribution in [3.63, 3.8) is 0 Å². The molecule has 0 heterocycles. The lowest BCUT2D eigenvalue weighted by Crippen LogP contribution is -2.13. The monoisotopic (exact) mass is 228 g/mol. The van der Waals surface area contributed by atoms with E-state index in [0.717, 1.165) is 12.8 Å². The number of nitriles is 1. The fourth-order valence-corrected chi connectivity index (χ4v) is 1.49. The van der Waals surface area contributed by atoms with Crippen molar-refractivity contribution >= 4 is 11.6 Å². The maximum atomic E-state index is 11.6. The van der Waals surface area contributed by atoms with Crippen LogP contribution < -0.4 is 5.32 Å². The number of aryl methyl sites for hydroxylation is 1. The summed E-state index contributed by atoms with van der Waals surface area (Å²) < 4.78 is 0. The fourth-order valence-electron chi connectivity index (χ4n) is 1.49. The molecule has 0 saturated carbocycles. The molecule has 0 spiro atoms. The maximum Gasteiger partial charge on any atom is 0.265 e. The fraction of sp³-hybridized carbons (Fsp3) is 0.286. The molecule has 0 aliphatic heterocycles. The van der Waals surface area contributed by atoms with Crippen LogP contribution in [0.5, 0.6) is 0 Å². The van der Waals surface area contributed by atoms with Crippen LogP contribution >= 0.6 is 0 Å². The van der Waals surface area contributed by atoms with Gasteiger partial charge in [0.1, 0.15) is 11.6 Å². The normalized spacial score (nSPS) is 10.8. The first kappa shape index (κ1) is 13.0. The number of carbonyl (C=O) groups is 1. The Hall–Kier alpha value is -2.08. The minimum atomic E-state index is -0.363. The first-order valence-electron chi connectivity index (χ1n) is 5.68. The van der Waals surface area contributed by atoms with Crippen LogP contribution in [0.4, 0.5) is 5.69 Å². The Balaban J connectivity index is 2.70. The van der Waals surface area contributed by atoms with Crippen LogP contribution in [0.15, 0.2) is 35.9 Å². The van der Waals surface area contributed by atoms with E-state index < -0.39 is 0 Å². The molecule has 0 unspecified atom stereocenters. The van der Waals surface area contributed by atoms with Crippen LogP contribution in [0.25, 0.3) is 0 Å². The van der Waals surface area contributed by atoms with Gasteiger partial charge in [-0.25, -0.2) is 0 Å². The van der Waals surface area contributed by atoms with Crippen LogP contribution in [0, 0.1) is 11.3 Å². The molecule has 1 N–H and O–H groups in total. The third-order valence-corrected chi connectivity index (χ3v) is 2.40. The minimum absolute atomic E-state index is 0.127. The Morgan fingerprint density at radius 3 is 2.53 bits per heavy atom. The number of hydrogen-bond acceptors (Lipinski definition) is 2. The van der Waals surface area contributed by atoms with Gasteiger partial charge in [0, 0.05) is 5.69 Å². The standard InChI is InChI=1S/C14H16N2O/c1-3-5-11-6-8-13(9-7-11)16-14(17)12(4-2)10-15/h4,6-9H,3,5H2,1-2H3,(H,16,17)/b12-4+. The third-order valence-electron chi connectivity index (χ3n) is 2.40. The van der Waals surface area contributed by atoms with Crippen LogP contribution in [0.2, 0.25) is 0 Å². The van der Waals surface area contributed by atoms with Crippen molar-refractivity contribution in [2.75, 3.05) is 5.32 Å². The van der Waals surface area contributed by atoms with Gasteiger partial charge < -0.3 is 5.32 Å². The van der Waals surface area contributed by atoms with Crippen molar-refractivity contribution in [3.05, 3.63) is 41.5 Å². The highest BCUT2D eigenvalue weighted by Crippen LogP contribution is 2.12. The van der Waals surface area contributed by atoms with E-state index in [1.807, 2.05) is 30.3 Å². The van der Waals surface area contributed by atoms with Crippen LogP contribution in [-0.2, 0) is 11.2 Å². The number of carbonyl (C=O) groups excluding carboxylic acids is 1. The molecule has 1 amide bonds. The number of amides is 1. The SMILES string of the molecule is C/C=C(\C#N)C(=O)Nc1ccc(CCC)cc1. The predicted molar refractivity (Wildman–Crippen MR) is 68.4 cm³/mol. The van der Waals surface area contributed by atoms with Gasteiger partial charge in [0.15, 0.2) is 0 Å². The maximum absolute atomic E-state index is 11.6. The second-order valence-corrected chi connectivity index (χ2v) is 3.72. The van der Waals surface area contributed by atoms with E-state index in [-0.39, 0.29) is 11.5 Å². The molecule has 1 rings (SSSR count). The Kier molecular flexibility index (Phi) is 4.96. The van der Waals surface area contributed by atoms with E-state index >= 15 is 0 Å². The highest BCUT2D eigenvalue weighted by molar-refractivity contribution is 6.06. The molecule has 0 aromatic heterocycles. The average molecular weight is 228 g/mol. The zero-order valence-electron chi connectivity index (χ0n) is 10.2. The second kappa shape index (κ2) is 6.49. The summed E-state index contributed by atoms with van der Waals surface area (Å²) in [7, 11) is 0. The molecule has 0 radical (unpaired) electrons. The lowest BCUT2D eigenvalue weighted by atomic mass is 10.1. The number of rotatable bonds is 4. The topological polar surface area (TPSA) is 52.9 Å². The zero-order valence-corrected chi connectivity index (χ0v) is 10.2. The number of benzene rings is 1. The molecule has 0 saturated heterocycles. The van der Waals surface area contributed by atoms with Gasteiger partial charge in [-0.2, -0.15) is 5.26 Å². The molecule has 3 nitrogen and oxygen atoms in total. The summed E-state index contributed by atoms with van der Waals surface area (Å²) in [6.07, 6.45) is 3.64.